The highest BCUT2D eigenvalue weighted by Gasteiger charge is 2.23. The maximum absolute atomic E-state index is 7.02. The molecule has 0 aliphatic carbocycles. The molecule has 0 aliphatic rings. The monoisotopic (exact) mass is 653 g/mol. The van der Waals surface area contributed by atoms with E-state index in [2.05, 4.69) is 120 Å². The van der Waals surface area contributed by atoms with Gasteiger partial charge in [-0.05, 0) is 36.4 Å². The molecule has 0 amide bonds. The standard InChI is InChI=1S/C46H27N3O2/c1-4-14-28(15-5-1)40-45-41(48-46(47-40)29-16-6-2-7-17-29)36-24-13-23-32(43(36)51-45)31-21-12-22-33-34-26-27-38-39(44(34)50-42(31)33)35-20-10-11-25-37(35)49(38)30-18-8-3-9-19-30/h1-27H. The Labute approximate surface area is 291 Å². The second kappa shape index (κ2) is 10.8. The summed E-state index contributed by atoms with van der Waals surface area (Å²) in [6.45, 7) is 0. The van der Waals surface area contributed by atoms with Crippen molar-refractivity contribution in [3.8, 4) is 39.5 Å². The van der Waals surface area contributed by atoms with Crippen molar-refractivity contribution in [1.29, 1.82) is 0 Å². The van der Waals surface area contributed by atoms with Gasteiger partial charge in [-0.3, -0.25) is 0 Å². The van der Waals surface area contributed by atoms with Gasteiger partial charge in [0.15, 0.2) is 11.4 Å². The first-order valence-electron chi connectivity index (χ1n) is 17.1. The average Bonchev–Trinajstić information content (AvgIpc) is 3.88. The van der Waals surface area contributed by atoms with E-state index in [-0.39, 0.29) is 0 Å². The molecule has 51 heavy (non-hydrogen) atoms. The molecule has 4 heterocycles. The van der Waals surface area contributed by atoms with Gasteiger partial charge < -0.3 is 13.4 Å². The Morgan fingerprint density at radius 2 is 0.980 bits per heavy atom. The molecule has 11 rings (SSSR count). The Morgan fingerprint density at radius 3 is 1.75 bits per heavy atom. The predicted octanol–water partition coefficient (Wildman–Crippen LogP) is 12.4. The van der Waals surface area contributed by atoms with Crippen LogP contribution in [0, 0.1) is 0 Å². The van der Waals surface area contributed by atoms with Crippen LogP contribution in [0.1, 0.15) is 0 Å². The lowest BCUT2D eigenvalue weighted by Gasteiger charge is -2.07. The molecule has 0 radical (unpaired) electrons. The smallest absolute Gasteiger partial charge is 0.180 e. The third kappa shape index (κ3) is 4.09. The van der Waals surface area contributed by atoms with E-state index in [4.69, 9.17) is 18.8 Å². The number of para-hydroxylation sites is 4. The molecule has 0 saturated carbocycles. The molecule has 0 aliphatic heterocycles. The van der Waals surface area contributed by atoms with Crippen LogP contribution < -0.4 is 0 Å². The van der Waals surface area contributed by atoms with Crippen molar-refractivity contribution in [2.24, 2.45) is 0 Å². The number of benzene rings is 7. The van der Waals surface area contributed by atoms with Gasteiger partial charge in [-0.2, -0.15) is 0 Å². The van der Waals surface area contributed by atoms with Crippen molar-refractivity contribution in [3.05, 3.63) is 164 Å². The second-order valence-electron chi connectivity index (χ2n) is 12.9. The first-order chi connectivity index (χ1) is 25.3. The molecule has 0 bridgehead atoms. The first-order valence-corrected chi connectivity index (χ1v) is 17.1. The second-order valence-corrected chi connectivity index (χ2v) is 12.9. The van der Waals surface area contributed by atoms with Crippen LogP contribution in [-0.4, -0.2) is 14.5 Å². The molecule has 0 fully saturated rings. The molecule has 11 aromatic rings. The highest BCUT2D eigenvalue weighted by molar-refractivity contribution is 6.25. The van der Waals surface area contributed by atoms with Gasteiger partial charge in [0.1, 0.15) is 28.0 Å². The van der Waals surface area contributed by atoms with E-state index in [1.807, 2.05) is 48.5 Å². The molecule has 0 saturated heterocycles. The Balaban J connectivity index is 1.19. The highest BCUT2D eigenvalue weighted by atomic mass is 16.3. The lowest BCUT2D eigenvalue weighted by atomic mass is 10.00. The number of hydrogen-bond donors (Lipinski definition) is 0. The Hall–Kier alpha value is -6.98. The minimum absolute atomic E-state index is 0.660. The van der Waals surface area contributed by atoms with E-state index in [1.165, 1.54) is 0 Å². The van der Waals surface area contributed by atoms with Crippen molar-refractivity contribution < 1.29 is 8.83 Å². The molecule has 4 aromatic heterocycles. The quantitative estimate of drug-likeness (QED) is 0.190. The summed E-state index contributed by atoms with van der Waals surface area (Å²) < 4.78 is 16.2. The SMILES string of the molecule is c1ccc(-c2nc(-c3ccccc3)c3oc4c(-c5cccc6c5oc5c6ccc6c5c5ccccc5n6-c5ccccc5)cccc4c3n2)cc1. The van der Waals surface area contributed by atoms with Crippen molar-refractivity contribution in [1.82, 2.24) is 14.5 Å². The largest absolute Gasteiger partial charge is 0.455 e. The van der Waals surface area contributed by atoms with E-state index >= 15 is 0 Å². The number of furan rings is 2. The Bertz CT molecular complexity index is 3120. The summed E-state index contributed by atoms with van der Waals surface area (Å²) in [7, 11) is 0. The number of nitrogens with zero attached hydrogens (tertiary/aromatic N) is 3. The van der Waals surface area contributed by atoms with Gasteiger partial charge in [-0.1, -0.05) is 127 Å². The van der Waals surface area contributed by atoms with Crippen LogP contribution in [0.25, 0.3) is 105 Å². The van der Waals surface area contributed by atoms with Gasteiger partial charge in [-0.25, -0.2) is 9.97 Å². The minimum Gasteiger partial charge on any atom is -0.455 e. The highest BCUT2D eigenvalue weighted by Crippen LogP contribution is 2.45. The normalized spacial score (nSPS) is 11.9. The molecule has 5 heteroatoms. The van der Waals surface area contributed by atoms with Gasteiger partial charge in [-0.15, -0.1) is 0 Å². The van der Waals surface area contributed by atoms with Crippen LogP contribution in [0.2, 0.25) is 0 Å². The van der Waals surface area contributed by atoms with Crippen LogP contribution in [0.4, 0.5) is 0 Å². The van der Waals surface area contributed by atoms with Crippen molar-refractivity contribution in [2.45, 2.75) is 0 Å². The van der Waals surface area contributed by atoms with Crippen LogP contribution in [0.3, 0.4) is 0 Å². The number of rotatable bonds is 4. The maximum atomic E-state index is 7.02. The minimum atomic E-state index is 0.660. The number of aromatic nitrogens is 3. The molecular weight excluding hydrogens is 627 g/mol. The Kier molecular flexibility index (Phi) is 5.89. The van der Waals surface area contributed by atoms with Gasteiger partial charge >= 0.3 is 0 Å². The molecule has 0 N–H and O–H groups in total. The molecule has 0 unspecified atom stereocenters. The van der Waals surface area contributed by atoms with Crippen molar-refractivity contribution in [3.63, 3.8) is 0 Å². The number of fused-ring (bicyclic) bond motifs is 10. The van der Waals surface area contributed by atoms with Gasteiger partial charge in [0.2, 0.25) is 0 Å². The zero-order valence-corrected chi connectivity index (χ0v) is 27.2. The molecular formula is C46H27N3O2. The summed E-state index contributed by atoms with van der Waals surface area (Å²) in [4.78, 5) is 10.2. The predicted molar refractivity (Wildman–Crippen MR) is 207 cm³/mol. The van der Waals surface area contributed by atoms with Crippen molar-refractivity contribution >= 4 is 65.8 Å². The number of hydrogen-bond acceptors (Lipinski definition) is 4. The van der Waals surface area contributed by atoms with E-state index in [0.717, 1.165) is 93.9 Å². The van der Waals surface area contributed by atoms with Gasteiger partial charge in [0.05, 0.1) is 16.4 Å². The summed E-state index contributed by atoms with van der Waals surface area (Å²) in [5.41, 5.74) is 11.9. The molecule has 0 spiro atoms. The molecule has 5 nitrogen and oxygen atoms in total. The van der Waals surface area contributed by atoms with Crippen molar-refractivity contribution in [2.75, 3.05) is 0 Å². The van der Waals surface area contributed by atoms with Crippen LogP contribution >= 0.6 is 0 Å². The van der Waals surface area contributed by atoms with E-state index in [9.17, 15) is 0 Å². The van der Waals surface area contributed by atoms with Crippen LogP contribution in [0.5, 0.6) is 0 Å². The van der Waals surface area contributed by atoms with E-state index in [1.54, 1.807) is 0 Å². The summed E-state index contributed by atoms with van der Waals surface area (Å²) in [6, 6.07) is 56.4. The van der Waals surface area contributed by atoms with Gasteiger partial charge in [0.25, 0.3) is 0 Å². The zero-order valence-electron chi connectivity index (χ0n) is 27.2. The summed E-state index contributed by atoms with van der Waals surface area (Å²) in [6.07, 6.45) is 0. The molecule has 7 aromatic carbocycles. The summed E-state index contributed by atoms with van der Waals surface area (Å²) >= 11 is 0. The van der Waals surface area contributed by atoms with Crippen LogP contribution in [-0.2, 0) is 0 Å². The average molecular weight is 654 g/mol. The third-order valence-electron chi connectivity index (χ3n) is 10.0. The van der Waals surface area contributed by atoms with Gasteiger partial charge in [0, 0.05) is 49.5 Å². The Morgan fingerprint density at radius 1 is 0.392 bits per heavy atom. The lowest BCUT2D eigenvalue weighted by Crippen LogP contribution is -1.93. The summed E-state index contributed by atoms with van der Waals surface area (Å²) in [5, 5.41) is 5.33. The van der Waals surface area contributed by atoms with Crippen LogP contribution in [0.15, 0.2) is 173 Å². The van der Waals surface area contributed by atoms with E-state index in [0.29, 0.717) is 11.4 Å². The maximum Gasteiger partial charge on any atom is 0.180 e. The molecule has 238 valence electrons. The molecule has 0 atom stereocenters. The zero-order chi connectivity index (χ0) is 33.5. The van der Waals surface area contributed by atoms with E-state index < -0.39 is 0 Å². The first kappa shape index (κ1) is 27.9. The summed E-state index contributed by atoms with van der Waals surface area (Å²) in [5.74, 6) is 0.660. The fourth-order valence-electron chi connectivity index (χ4n) is 7.76. The third-order valence-corrected chi connectivity index (χ3v) is 10.0. The fraction of sp³-hybridized carbons (Fsp3) is 0. The lowest BCUT2D eigenvalue weighted by molar-refractivity contribution is 0.665. The topological polar surface area (TPSA) is 57.0 Å². The fourth-order valence-corrected chi connectivity index (χ4v) is 7.76.